The molecule has 50 heavy (non-hydrogen) atoms. The molecule has 0 saturated carbocycles. The molecule has 1 aromatic carbocycles. The van der Waals surface area contributed by atoms with E-state index in [9.17, 15) is 14.0 Å². The number of amidine groups is 1. The second-order valence-corrected chi connectivity index (χ2v) is 12.3. The predicted molar refractivity (Wildman–Crippen MR) is 193 cm³/mol. The summed E-state index contributed by atoms with van der Waals surface area (Å²) in [6, 6.07) is 5.76. The number of hydrogen-bond acceptors (Lipinski definition) is 10. The van der Waals surface area contributed by atoms with E-state index in [1.165, 1.54) is 13.1 Å². The van der Waals surface area contributed by atoms with E-state index in [0.29, 0.717) is 68.3 Å². The van der Waals surface area contributed by atoms with E-state index >= 15 is 0 Å². The highest BCUT2D eigenvalue weighted by atomic mass is 35.5. The van der Waals surface area contributed by atoms with Gasteiger partial charge in [0.15, 0.2) is 6.54 Å². The van der Waals surface area contributed by atoms with Crippen LogP contribution in [0.1, 0.15) is 6.92 Å². The Balaban J connectivity index is 1.26. The molecule has 266 valence electrons. The molecule has 0 aliphatic carbocycles. The van der Waals surface area contributed by atoms with E-state index in [1.807, 2.05) is 31.2 Å². The fourth-order valence-electron chi connectivity index (χ4n) is 5.73. The summed E-state index contributed by atoms with van der Waals surface area (Å²) < 4.78 is 33.7. The van der Waals surface area contributed by atoms with Crippen molar-refractivity contribution in [3.05, 3.63) is 78.0 Å². The number of rotatable bonds is 9. The van der Waals surface area contributed by atoms with Gasteiger partial charge in [0.05, 0.1) is 43.8 Å². The van der Waals surface area contributed by atoms with Crippen LogP contribution >= 0.6 is 11.6 Å². The Morgan fingerprint density at radius 1 is 1.20 bits per heavy atom. The monoisotopic (exact) mass is 709 g/mol. The summed E-state index contributed by atoms with van der Waals surface area (Å²) in [5.74, 6) is -0.0766. The molecule has 4 aliphatic heterocycles. The van der Waals surface area contributed by atoms with Gasteiger partial charge in [0, 0.05) is 45.0 Å². The number of ether oxygens (including phenoxy) is 3. The third-order valence-electron chi connectivity index (χ3n) is 8.49. The summed E-state index contributed by atoms with van der Waals surface area (Å²) >= 11 is 6.55. The van der Waals surface area contributed by atoms with Crippen LogP contribution in [-0.2, 0) is 19.1 Å². The summed E-state index contributed by atoms with van der Waals surface area (Å²) in [6.07, 6.45) is 7.86. The zero-order chi connectivity index (χ0) is 35.8. The number of hydrogen-bond donors (Lipinski definition) is 3. The number of halogens is 2. The Bertz CT molecular complexity index is 1700. The number of nitrogens with zero attached hydrogens (tertiary/aromatic N) is 5. The van der Waals surface area contributed by atoms with Crippen LogP contribution in [0.3, 0.4) is 0 Å². The smallest absolute Gasteiger partial charge is 0.372 e. The molecular formula is C35H43ClFN8O5+. The number of allylic oxidation sites excluding steroid dienone is 3. The van der Waals surface area contributed by atoms with Gasteiger partial charge >= 0.3 is 5.95 Å². The lowest BCUT2D eigenvalue weighted by atomic mass is 10.1. The van der Waals surface area contributed by atoms with Crippen molar-refractivity contribution in [1.82, 2.24) is 15.5 Å². The van der Waals surface area contributed by atoms with Crippen LogP contribution in [0.4, 0.5) is 15.8 Å². The van der Waals surface area contributed by atoms with Crippen molar-refractivity contribution in [2.24, 2.45) is 9.98 Å². The van der Waals surface area contributed by atoms with Gasteiger partial charge in [-0.3, -0.25) is 9.59 Å². The lowest BCUT2D eigenvalue weighted by Gasteiger charge is -2.41. The minimum atomic E-state index is -0.634. The van der Waals surface area contributed by atoms with E-state index < -0.39 is 17.2 Å². The molecule has 5 rings (SSSR count). The van der Waals surface area contributed by atoms with Gasteiger partial charge in [-0.05, 0) is 37.3 Å². The molecule has 13 nitrogen and oxygen atoms in total. The van der Waals surface area contributed by atoms with Crippen LogP contribution in [0.2, 0.25) is 0 Å². The summed E-state index contributed by atoms with van der Waals surface area (Å²) in [5, 5.41) is 8.41. The third-order valence-corrected chi connectivity index (χ3v) is 8.84. The summed E-state index contributed by atoms with van der Waals surface area (Å²) in [7, 11) is 3.12. The Morgan fingerprint density at radius 3 is 2.70 bits per heavy atom. The van der Waals surface area contributed by atoms with Crippen molar-refractivity contribution < 1.29 is 32.8 Å². The molecule has 0 radical (unpaired) electrons. The highest BCUT2D eigenvalue weighted by molar-refractivity contribution is 6.33. The van der Waals surface area contributed by atoms with Gasteiger partial charge in [-0.2, -0.15) is 9.57 Å². The molecule has 1 aromatic rings. The topological polar surface area (TPSA) is 132 Å². The quantitative estimate of drug-likeness (QED) is 0.117. The van der Waals surface area contributed by atoms with Crippen molar-refractivity contribution in [3.63, 3.8) is 0 Å². The zero-order valence-corrected chi connectivity index (χ0v) is 29.2. The van der Waals surface area contributed by atoms with E-state index in [0.717, 1.165) is 10.3 Å². The maximum atomic E-state index is 14.7. The van der Waals surface area contributed by atoms with Crippen molar-refractivity contribution in [2.75, 3.05) is 76.9 Å². The first-order valence-corrected chi connectivity index (χ1v) is 16.7. The standard InChI is InChI=1S/C35H42ClFN8O5/c1-6-7-10-26(22(2)33(46)38-3)40-32-25(36)19-39-35(42-32)41-27-12-11-23(18-28(27)48-5)44-14-16-49-29(20-44)30-21-45(15-17-50-30)34(47)24-9-8-13-43(4)31(24)37/h6-12,18,25,29-30H,2,4,13-17,19-21H2,1,3,5H3,(H2-,38,39,40,41,42,46)/p+1. The maximum absolute atomic E-state index is 14.7. The average Bonchev–Trinajstić information content (AvgIpc) is 3.15. The van der Waals surface area contributed by atoms with Gasteiger partial charge in [-0.1, -0.05) is 18.7 Å². The lowest BCUT2D eigenvalue weighted by Crippen LogP contribution is -2.56. The first-order chi connectivity index (χ1) is 24.1. The molecule has 15 heteroatoms. The van der Waals surface area contributed by atoms with Crippen LogP contribution in [0.15, 0.2) is 87.9 Å². The van der Waals surface area contributed by atoms with Crippen molar-refractivity contribution >= 4 is 53.3 Å². The van der Waals surface area contributed by atoms with Gasteiger partial charge in [-0.25, -0.2) is 4.99 Å². The molecule has 3 N–H and O–H groups in total. The molecule has 4 aliphatic rings. The fourth-order valence-corrected chi connectivity index (χ4v) is 5.91. The van der Waals surface area contributed by atoms with Crippen LogP contribution in [-0.4, -0.2) is 124 Å². The van der Waals surface area contributed by atoms with Gasteiger partial charge in [-0.15, -0.1) is 16.0 Å². The number of amides is 2. The van der Waals surface area contributed by atoms with Crippen LogP contribution in [0.25, 0.3) is 0 Å². The Morgan fingerprint density at radius 2 is 1.96 bits per heavy atom. The van der Waals surface area contributed by atoms with Crippen LogP contribution in [0.5, 0.6) is 5.75 Å². The summed E-state index contributed by atoms with van der Waals surface area (Å²) in [4.78, 5) is 38.3. The second kappa shape index (κ2) is 16.7. The van der Waals surface area contributed by atoms with Gasteiger partial charge in [0.25, 0.3) is 11.8 Å². The second-order valence-electron chi connectivity index (χ2n) is 11.8. The van der Waals surface area contributed by atoms with Crippen molar-refractivity contribution in [1.29, 1.82) is 0 Å². The van der Waals surface area contributed by atoms with Crippen LogP contribution in [0, 0.1) is 0 Å². The number of likely N-dealkylation sites (N-methyl/N-ethyl adjacent to an activating group) is 1. The predicted octanol–water partition coefficient (Wildman–Crippen LogP) is 2.73. The first-order valence-electron chi connectivity index (χ1n) is 16.3. The number of morpholine rings is 2. The fraction of sp³-hybridized carbons (Fsp3) is 0.400. The molecule has 4 heterocycles. The average molecular weight is 710 g/mol. The van der Waals surface area contributed by atoms with E-state index in [1.54, 1.807) is 30.2 Å². The number of anilines is 2. The van der Waals surface area contributed by atoms with E-state index in [4.69, 9.17) is 25.8 Å². The number of aliphatic imine (C=N–C) groups is 2. The van der Waals surface area contributed by atoms with Gasteiger partial charge < -0.3 is 40.0 Å². The maximum Gasteiger partial charge on any atom is 0.372 e. The van der Waals surface area contributed by atoms with E-state index in [-0.39, 0.29) is 42.4 Å². The van der Waals surface area contributed by atoms with Gasteiger partial charge in [0.1, 0.15) is 41.5 Å². The number of benzene rings is 1. The highest BCUT2D eigenvalue weighted by Gasteiger charge is 2.37. The largest absolute Gasteiger partial charge is 0.494 e. The van der Waals surface area contributed by atoms with Crippen molar-refractivity contribution in [2.45, 2.75) is 24.5 Å². The van der Waals surface area contributed by atoms with Crippen molar-refractivity contribution in [3.8, 4) is 5.75 Å². The number of alkyl halides is 1. The molecule has 2 fully saturated rings. The minimum absolute atomic E-state index is 0.00312. The SMILES string of the molecule is C=C(C(=O)NC)C(=CC=CC)NC1=NC(Nc2ccc(N3CCOC(C4CN(C(=O)C5=C(F)[N+](=C)CC=C5)CCO4)C3)cc2OC)=NCC1Cl. The molecule has 3 unspecified atom stereocenters. The molecule has 0 spiro atoms. The third kappa shape index (κ3) is 8.49. The summed E-state index contributed by atoms with van der Waals surface area (Å²) in [5.41, 5.74) is 2.22. The number of carbonyl (C=O) groups is 2. The molecule has 0 bridgehead atoms. The Labute approximate surface area is 296 Å². The lowest BCUT2D eigenvalue weighted by molar-refractivity contribution is -0.479. The molecule has 0 aromatic heterocycles. The van der Waals surface area contributed by atoms with E-state index in [2.05, 4.69) is 44.1 Å². The molecule has 2 amide bonds. The number of carbonyl (C=O) groups excluding carboxylic acids is 2. The number of methoxy groups -OCH3 is 1. The minimum Gasteiger partial charge on any atom is -0.494 e. The molecule has 3 atom stereocenters. The number of guanidine groups is 1. The normalized spacial score (nSPS) is 23.0. The van der Waals surface area contributed by atoms with Gasteiger partial charge in [0.2, 0.25) is 5.96 Å². The molecule has 2 saturated heterocycles. The Kier molecular flexibility index (Phi) is 12.2. The Hall–Kier alpha value is -4.79. The zero-order valence-electron chi connectivity index (χ0n) is 28.5. The highest BCUT2D eigenvalue weighted by Crippen LogP contribution is 2.32. The first kappa shape index (κ1) is 36.5. The molecular weight excluding hydrogens is 667 g/mol. The summed E-state index contributed by atoms with van der Waals surface area (Å²) in [6.45, 7) is 12.5. The number of nitrogens with one attached hydrogen (secondary N) is 3. The van der Waals surface area contributed by atoms with Crippen LogP contribution < -0.4 is 25.6 Å².